The monoisotopic (exact) mass is 442 g/mol. The molecule has 0 radical (unpaired) electrons. The fourth-order valence-corrected chi connectivity index (χ4v) is 5.55. The molecule has 0 bridgehead atoms. The number of hydrogen-bond donors (Lipinski definition) is 2. The molecule has 0 unspecified atom stereocenters. The van der Waals surface area contributed by atoms with Crippen LogP contribution in [0, 0.1) is 0 Å². The lowest BCUT2D eigenvalue weighted by Gasteiger charge is -2.36. The summed E-state index contributed by atoms with van der Waals surface area (Å²) >= 11 is 0. The molecular formula is C24H42N8. The number of nitrogens with one attached hydrogen (secondary N) is 2. The van der Waals surface area contributed by atoms with Gasteiger partial charge >= 0.3 is 0 Å². The van der Waals surface area contributed by atoms with Crippen molar-refractivity contribution in [1.29, 1.82) is 0 Å². The Morgan fingerprint density at radius 1 is 0.719 bits per heavy atom. The fourth-order valence-electron chi connectivity index (χ4n) is 5.55. The summed E-state index contributed by atoms with van der Waals surface area (Å²) in [6, 6.07) is 6.40. The van der Waals surface area contributed by atoms with E-state index < -0.39 is 0 Å². The fraction of sp³-hybridized carbons (Fsp3) is 0.750. The highest BCUT2D eigenvalue weighted by Gasteiger charge is 2.22. The summed E-state index contributed by atoms with van der Waals surface area (Å²) in [4.78, 5) is 5.16. The van der Waals surface area contributed by atoms with Gasteiger partial charge in [-0.3, -0.25) is 4.68 Å². The van der Waals surface area contributed by atoms with Crippen LogP contribution in [0.15, 0.2) is 24.5 Å². The molecule has 2 aliphatic heterocycles. The van der Waals surface area contributed by atoms with Crippen molar-refractivity contribution in [2.24, 2.45) is 0 Å². The van der Waals surface area contributed by atoms with Crippen LogP contribution in [0.25, 0.3) is 0 Å². The van der Waals surface area contributed by atoms with Gasteiger partial charge in [-0.25, -0.2) is 4.68 Å². The number of aromatic nitrogens is 4. The van der Waals surface area contributed by atoms with Crippen LogP contribution in [-0.4, -0.2) is 92.8 Å². The molecule has 2 aromatic rings. The average Bonchev–Trinajstić information content (AvgIpc) is 3.36. The largest absolute Gasteiger partial charge is 0.309 e. The summed E-state index contributed by atoms with van der Waals surface area (Å²) in [7, 11) is 0. The van der Waals surface area contributed by atoms with Crippen molar-refractivity contribution in [3.63, 3.8) is 0 Å². The van der Waals surface area contributed by atoms with Crippen LogP contribution in [0.5, 0.6) is 0 Å². The maximum absolute atomic E-state index is 4.61. The van der Waals surface area contributed by atoms with E-state index in [1.54, 1.807) is 0 Å². The van der Waals surface area contributed by atoms with Gasteiger partial charge < -0.3 is 20.4 Å². The summed E-state index contributed by atoms with van der Waals surface area (Å²) in [6.07, 6.45) is 8.30. The van der Waals surface area contributed by atoms with Gasteiger partial charge in [-0.1, -0.05) is 0 Å². The van der Waals surface area contributed by atoms with E-state index in [9.17, 15) is 0 Å². The first-order valence-electron chi connectivity index (χ1n) is 12.5. The minimum Gasteiger partial charge on any atom is -0.309 e. The Morgan fingerprint density at radius 2 is 1.12 bits per heavy atom. The SMILES string of the molecule is C[C@@H]1CN(CCCc2nnc(CCCN3C[C@H](C)N[C@@H](C)C3)n2-n2cccc2)C[C@@H](C)N1. The van der Waals surface area contributed by atoms with E-state index in [2.05, 4.69) is 92.2 Å². The molecule has 0 aliphatic carbocycles. The Bertz CT molecular complexity index is 747. The molecule has 4 heterocycles. The molecule has 0 amide bonds. The van der Waals surface area contributed by atoms with Crippen molar-refractivity contribution in [2.45, 2.75) is 77.5 Å². The number of rotatable bonds is 9. The Labute approximate surface area is 193 Å². The molecule has 2 N–H and O–H groups in total. The van der Waals surface area contributed by atoms with Gasteiger partial charge in [0, 0.05) is 75.6 Å². The first-order valence-corrected chi connectivity index (χ1v) is 12.5. The molecule has 2 saturated heterocycles. The van der Waals surface area contributed by atoms with Gasteiger partial charge in [0.15, 0.2) is 11.6 Å². The number of nitrogens with zero attached hydrogens (tertiary/aromatic N) is 6. The standard InChI is InChI=1S/C24H42N8/c1-19-15-29(16-20(2)25-19)11-7-9-23-27-28-24(32(23)31-13-5-6-14-31)10-8-12-30-17-21(3)26-22(4)18-30/h5-6,13-14,19-22,25-26H,7-12,15-18H2,1-4H3/t19-,20-,21+,22+. The second kappa shape index (κ2) is 10.9. The van der Waals surface area contributed by atoms with Gasteiger partial charge in [-0.15, -0.1) is 10.2 Å². The molecule has 8 nitrogen and oxygen atoms in total. The summed E-state index contributed by atoms with van der Waals surface area (Å²) in [6.45, 7) is 15.9. The summed E-state index contributed by atoms with van der Waals surface area (Å²) in [5.41, 5.74) is 0. The number of piperazine rings is 2. The lowest BCUT2D eigenvalue weighted by Crippen LogP contribution is -2.54. The zero-order chi connectivity index (χ0) is 22.5. The van der Waals surface area contributed by atoms with Gasteiger partial charge in [-0.05, 0) is 65.8 Å². The first-order chi connectivity index (χ1) is 15.5. The van der Waals surface area contributed by atoms with Crippen molar-refractivity contribution in [1.82, 2.24) is 40.0 Å². The highest BCUT2D eigenvalue weighted by molar-refractivity contribution is 5.02. The van der Waals surface area contributed by atoms with Crippen LogP contribution < -0.4 is 10.6 Å². The second-order valence-electron chi connectivity index (χ2n) is 10.1. The van der Waals surface area contributed by atoms with Crippen molar-refractivity contribution < 1.29 is 0 Å². The molecule has 32 heavy (non-hydrogen) atoms. The maximum atomic E-state index is 4.61. The average molecular weight is 443 g/mol. The highest BCUT2D eigenvalue weighted by Crippen LogP contribution is 2.12. The molecule has 8 heteroatoms. The van der Waals surface area contributed by atoms with E-state index in [-0.39, 0.29) is 0 Å². The van der Waals surface area contributed by atoms with E-state index in [1.807, 2.05) is 0 Å². The van der Waals surface area contributed by atoms with E-state index >= 15 is 0 Å². The second-order valence-corrected chi connectivity index (χ2v) is 10.1. The third-order valence-electron chi connectivity index (χ3n) is 6.61. The quantitative estimate of drug-likeness (QED) is 0.615. The number of aryl methyl sites for hydroxylation is 2. The number of hydrogen-bond acceptors (Lipinski definition) is 6. The predicted molar refractivity (Wildman–Crippen MR) is 129 cm³/mol. The van der Waals surface area contributed by atoms with Crippen LogP contribution in [0.4, 0.5) is 0 Å². The van der Waals surface area contributed by atoms with Gasteiger partial charge in [0.1, 0.15) is 0 Å². The lowest BCUT2D eigenvalue weighted by molar-refractivity contribution is 0.171. The summed E-state index contributed by atoms with van der Waals surface area (Å²) in [5, 5.41) is 16.5. The van der Waals surface area contributed by atoms with E-state index in [0.717, 1.165) is 76.6 Å². The highest BCUT2D eigenvalue weighted by atomic mass is 15.5. The molecule has 2 aliphatic rings. The van der Waals surface area contributed by atoms with Crippen molar-refractivity contribution >= 4 is 0 Å². The summed E-state index contributed by atoms with van der Waals surface area (Å²) < 4.78 is 4.36. The van der Waals surface area contributed by atoms with Crippen molar-refractivity contribution in [3.8, 4) is 0 Å². The predicted octanol–water partition coefficient (Wildman–Crippen LogP) is 1.62. The van der Waals surface area contributed by atoms with Crippen LogP contribution in [0.2, 0.25) is 0 Å². The Hall–Kier alpha value is -1.74. The molecule has 2 aromatic heterocycles. The van der Waals surface area contributed by atoms with E-state index in [0.29, 0.717) is 24.2 Å². The van der Waals surface area contributed by atoms with Crippen LogP contribution in [0.1, 0.15) is 52.2 Å². The van der Waals surface area contributed by atoms with Gasteiger partial charge in [-0.2, -0.15) is 0 Å². The molecule has 2 fully saturated rings. The van der Waals surface area contributed by atoms with E-state index in [1.165, 1.54) is 0 Å². The van der Waals surface area contributed by atoms with Crippen LogP contribution in [0.3, 0.4) is 0 Å². The van der Waals surface area contributed by atoms with Crippen molar-refractivity contribution in [2.75, 3.05) is 39.3 Å². The van der Waals surface area contributed by atoms with E-state index in [4.69, 9.17) is 0 Å². The smallest absolute Gasteiger partial charge is 0.153 e. The normalized spacial score (nSPS) is 27.8. The van der Waals surface area contributed by atoms with Crippen LogP contribution >= 0.6 is 0 Å². The van der Waals surface area contributed by atoms with Gasteiger partial charge in [0.2, 0.25) is 0 Å². The minimum atomic E-state index is 0.565. The molecule has 0 saturated carbocycles. The zero-order valence-electron chi connectivity index (χ0n) is 20.4. The third-order valence-corrected chi connectivity index (χ3v) is 6.61. The zero-order valence-corrected chi connectivity index (χ0v) is 20.4. The van der Waals surface area contributed by atoms with Crippen molar-refractivity contribution in [3.05, 3.63) is 36.2 Å². The van der Waals surface area contributed by atoms with Gasteiger partial charge in [0.25, 0.3) is 0 Å². The summed E-state index contributed by atoms with van der Waals surface area (Å²) in [5.74, 6) is 2.13. The topological polar surface area (TPSA) is 66.2 Å². The maximum Gasteiger partial charge on any atom is 0.153 e. The third kappa shape index (κ3) is 6.19. The molecule has 178 valence electrons. The molecule has 0 aromatic carbocycles. The molecule has 4 atom stereocenters. The Balaban J connectivity index is 1.34. The Morgan fingerprint density at radius 3 is 1.53 bits per heavy atom. The molecule has 4 rings (SSSR count). The molecule has 0 spiro atoms. The van der Waals surface area contributed by atoms with Gasteiger partial charge in [0.05, 0.1) is 0 Å². The minimum absolute atomic E-state index is 0.565. The lowest BCUT2D eigenvalue weighted by atomic mass is 10.1. The van der Waals surface area contributed by atoms with Crippen LogP contribution in [-0.2, 0) is 12.8 Å². The first kappa shape index (κ1) is 23.4. The Kier molecular flexibility index (Phi) is 7.99. The molecular weight excluding hydrogens is 400 g/mol.